The third kappa shape index (κ3) is 32.3. The lowest BCUT2D eigenvalue weighted by Crippen LogP contribution is -2.37. The number of likely N-dealkylation sites (N-methyl/N-ethyl adjacent to an activating group) is 1. The van der Waals surface area contributed by atoms with Gasteiger partial charge in [-0.3, -0.25) is 18.6 Å². The zero-order chi connectivity index (χ0) is 46.8. The highest BCUT2D eigenvalue weighted by molar-refractivity contribution is 7.47. The number of aryl methyl sites for hydroxylation is 2. The summed E-state index contributed by atoms with van der Waals surface area (Å²) in [7, 11) is 1.37. The monoisotopic (exact) mass is 915 g/mol. The lowest BCUT2D eigenvalue weighted by atomic mass is 10.0. The van der Waals surface area contributed by atoms with Crippen molar-refractivity contribution in [2.75, 3.05) is 47.5 Å². The number of furan rings is 1. The number of phosphoric acid groups is 1. The molecule has 1 aromatic heterocycles. The maximum Gasteiger partial charge on any atom is 0.472 e. The molecule has 0 fully saturated rings. The van der Waals surface area contributed by atoms with E-state index in [0.29, 0.717) is 36.7 Å². The molecule has 0 bridgehead atoms. The molecule has 0 spiro atoms. The second-order valence-electron chi connectivity index (χ2n) is 18.7. The molecule has 13 heteroatoms. The van der Waals surface area contributed by atoms with E-state index in [4.69, 9.17) is 22.9 Å². The second kappa shape index (κ2) is 36.1. The molecule has 12 nitrogen and oxygen atoms in total. The predicted octanol–water partition coefficient (Wildman–Crippen LogP) is 11.7. The Morgan fingerprint density at radius 2 is 1.16 bits per heavy atom. The van der Waals surface area contributed by atoms with Crippen molar-refractivity contribution < 1.29 is 56.7 Å². The van der Waals surface area contributed by atoms with Crippen LogP contribution in [-0.2, 0) is 45.5 Å². The van der Waals surface area contributed by atoms with Crippen LogP contribution in [-0.4, -0.2) is 97.3 Å². The molecule has 1 heterocycles. The first-order chi connectivity index (χ1) is 30.1. The van der Waals surface area contributed by atoms with E-state index in [9.17, 15) is 29.3 Å². The Kier molecular flexibility index (Phi) is 33.8. The van der Waals surface area contributed by atoms with Crippen LogP contribution in [0.5, 0.6) is 0 Å². The highest BCUT2D eigenvalue weighted by Gasteiger charge is 2.27. The van der Waals surface area contributed by atoms with Gasteiger partial charge in [-0.05, 0) is 76.3 Å². The van der Waals surface area contributed by atoms with Gasteiger partial charge >= 0.3 is 19.8 Å². The molecule has 0 amide bonds. The molecule has 0 saturated carbocycles. The van der Waals surface area contributed by atoms with Gasteiger partial charge < -0.3 is 33.5 Å². The number of unbranched alkanes of at least 4 members (excludes halogenated alkanes) is 18. The zero-order valence-corrected chi connectivity index (χ0v) is 41.9. The van der Waals surface area contributed by atoms with Crippen LogP contribution in [0.4, 0.5) is 0 Å². The van der Waals surface area contributed by atoms with Crippen molar-refractivity contribution >= 4 is 19.8 Å². The minimum absolute atomic E-state index is 0.000538. The minimum atomic E-state index is -4.43. The fraction of sp³-hybridized carbons (Fsp3) is 0.840. The number of esters is 2. The largest absolute Gasteiger partial charge is 0.472 e. The molecule has 0 aromatic carbocycles. The zero-order valence-electron chi connectivity index (χ0n) is 41.0. The van der Waals surface area contributed by atoms with Crippen LogP contribution in [0.15, 0.2) is 16.6 Å². The van der Waals surface area contributed by atoms with Crippen LogP contribution in [0.2, 0.25) is 0 Å². The van der Waals surface area contributed by atoms with Gasteiger partial charge in [0.15, 0.2) is 6.10 Å². The summed E-state index contributed by atoms with van der Waals surface area (Å²) < 4.78 is 40.6. The summed E-state index contributed by atoms with van der Waals surface area (Å²) in [6.07, 6.45) is 28.1. The topological polar surface area (TPSA) is 162 Å². The molecule has 4 atom stereocenters. The van der Waals surface area contributed by atoms with E-state index in [1.165, 1.54) is 93.3 Å². The summed E-state index contributed by atoms with van der Waals surface area (Å²) in [4.78, 5) is 35.6. The number of carbonyl (C=O) groups is 2. The number of allylic oxidation sites excluding steroid dienone is 1. The molecule has 1 unspecified atom stereocenters. The Morgan fingerprint density at radius 1 is 0.651 bits per heavy atom. The van der Waals surface area contributed by atoms with Crippen LogP contribution in [0.25, 0.3) is 0 Å². The first kappa shape index (κ1) is 59.0. The Morgan fingerprint density at radius 3 is 1.73 bits per heavy atom. The Balaban J connectivity index is 2.33. The quantitative estimate of drug-likeness (QED) is 0.0188. The molecule has 0 aliphatic rings. The minimum Gasteiger partial charge on any atom is -0.466 e. The Hall–Kier alpha value is -2.05. The fourth-order valence-corrected chi connectivity index (χ4v) is 8.08. The predicted molar refractivity (Wildman–Crippen MR) is 254 cm³/mol. The first-order valence-electron chi connectivity index (χ1n) is 24.9. The van der Waals surface area contributed by atoms with Crippen LogP contribution < -0.4 is 0 Å². The first-order valence-corrected chi connectivity index (χ1v) is 26.4. The van der Waals surface area contributed by atoms with E-state index < -0.39 is 44.7 Å². The van der Waals surface area contributed by atoms with Gasteiger partial charge in [-0.2, -0.15) is 0 Å². The average Bonchev–Trinajstić information content (AvgIpc) is 3.50. The van der Waals surface area contributed by atoms with Gasteiger partial charge in [-0.15, -0.1) is 0 Å². The average molecular weight is 915 g/mol. The van der Waals surface area contributed by atoms with Gasteiger partial charge in [0, 0.05) is 25.7 Å². The number of nitrogens with zero attached hydrogens (tertiary/aromatic N) is 1. The molecule has 368 valence electrons. The molecule has 1 rings (SSSR count). The number of carbonyl (C=O) groups excluding carboxylic acids is 2. The number of quaternary nitrogens is 1. The smallest absolute Gasteiger partial charge is 0.466 e. The van der Waals surface area contributed by atoms with Crippen LogP contribution in [0.1, 0.15) is 203 Å². The van der Waals surface area contributed by atoms with Gasteiger partial charge in [0.25, 0.3) is 0 Å². The lowest BCUT2D eigenvalue weighted by molar-refractivity contribution is -0.870. The molecule has 0 aliphatic carbocycles. The van der Waals surface area contributed by atoms with Gasteiger partial charge in [0.1, 0.15) is 31.3 Å². The Labute approximate surface area is 383 Å². The number of hydrogen-bond acceptors (Lipinski definition) is 10. The third-order valence-corrected chi connectivity index (χ3v) is 12.7. The van der Waals surface area contributed by atoms with Gasteiger partial charge in [-0.25, -0.2) is 4.57 Å². The van der Waals surface area contributed by atoms with Crippen molar-refractivity contribution in [3.8, 4) is 0 Å². The standard InChI is InChI=1S/C50H92NO11P/c1-8-10-12-13-21-27-32-45(52)46(53)33-28-22-20-25-31-37-50(55)61-44(41-60-63(56,57)59-39-38-51(5,6)7)40-58-49(54)36-30-24-19-17-15-14-16-18-23-29-35-48-43(4)42(3)47(62-48)34-26-11-9-2/h21,27,44-46,52-53H,8-20,22-26,28-41H2,1-7H3/p+1/b27-21-/t44-,45+,46+/m1/s1. The second-order valence-corrected chi connectivity index (χ2v) is 20.2. The highest BCUT2D eigenvalue weighted by Crippen LogP contribution is 2.43. The van der Waals surface area contributed by atoms with E-state index in [0.717, 1.165) is 70.6 Å². The molecule has 63 heavy (non-hydrogen) atoms. The van der Waals surface area contributed by atoms with Crippen molar-refractivity contribution in [3.63, 3.8) is 0 Å². The summed E-state index contributed by atoms with van der Waals surface area (Å²) in [6.45, 7) is 8.54. The number of aliphatic hydroxyl groups is 2. The van der Waals surface area contributed by atoms with E-state index in [2.05, 4.69) is 33.8 Å². The molecule has 0 aliphatic heterocycles. The number of phosphoric ester groups is 1. The van der Waals surface area contributed by atoms with Crippen LogP contribution >= 0.6 is 7.82 Å². The number of ether oxygens (including phenoxy) is 2. The molecule has 0 radical (unpaired) electrons. The van der Waals surface area contributed by atoms with E-state index >= 15 is 0 Å². The maximum absolute atomic E-state index is 12.8. The number of aliphatic hydroxyl groups excluding tert-OH is 2. The molecular weight excluding hydrogens is 822 g/mol. The lowest BCUT2D eigenvalue weighted by Gasteiger charge is -2.24. The summed E-state index contributed by atoms with van der Waals surface area (Å²) in [5.41, 5.74) is 2.68. The number of rotatable bonds is 42. The van der Waals surface area contributed by atoms with E-state index in [1.807, 2.05) is 27.2 Å². The summed E-state index contributed by atoms with van der Waals surface area (Å²) in [5.74, 6) is 1.45. The molecule has 0 saturated heterocycles. The number of hydrogen-bond donors (Lipinski definition) is 3. The normalized spacial score (nSPS) is 14.5. The maximum atomic E-state index is 12.8. The third-order valence-electron chi connectivity index (χ3n) is 11.7. The van der Waals surface area contributed by atoms with Crippen molar-refractivity contribution in [1.82, 2.24) is 0 Å². The van der Waals surface area contributed by atoms with Gasteiger partial charge in [0.05, 0.1) is 40.0 Å². The van der Waals surface area contributed by atoms with Crippen molar-refractivity contribution in [2.45, 2.75) is 226 Å². The van der Waals surface area contributed by atoms with Crippen molar-refractivity contribution in [1.29, 1.82) is 0 Å². The van der Waals surface area contributed by atoms with Crippen molar-refractivity contribution in [3.05, 3.63) is 34.8 Å². The van der Waals surface area contributed by atoms with Crippen LogP contribution in [0, 0.1) is 13.8 Å². The molecule has 1 aromatic rings. The van der Waals surface area contributed by atoms with Crippen molar-refractivity contribution in [2.24, 2.45) is 0 Å². The summed E-state index contributed by atoms with van der Waals surface area (Å²) in [6, 6.07) is 0. The molecular formula is C50H93NO11P+. The van der Waals surface area contributed by atoms with Gasteiger partial charge in [-0.1, -0.05) is 129 Å². The van der Waals surface area contributed by atoms with Gasteiger partial charge in [0.2, 0.25) is 0 Å². The van der Waals surface area contributed by atoms with E-state index in [1.54, 1.807) is 0 Å². The summed E-state index contributed by atoms with van der Waals surface area (Å²) >= 11 is 0. The Bertz CT molecular complexity index is 1390. The summed E-state index contributed by atoms with van der Waals surface area (Å²) in [5, 5.41) is 20.5. The van der Waals surface area contributed by atoms with Crippen LogP contribution in [0.3, 0.4) is 0 Å². The highest BCUT2D eigenvalue weighted by atomic mass is 31.2. The van der Waals surface area contributed by atoms with E-state index in [-0.39, 0.29) is 26.1 Å². The SMILES string of the molecule is CCCCC/C=C\C[C@H](O)[C@@H](O)CCCCCCCC(=O)O[C@H](COC(=O)CCCCCCCCCCCCc1oc(CCCCC)c(C)c1C)COP(=O)(O)OCC[N+](C)(C)C. The fourth-order valence-electron chi connectivity index (χ4n) is 7.33. The molecule has 3 N–H and O–H groups in total.